The van der Waals surface area contributed by atoms with E-state index in [1.54, 1.807) is 6.20 Å². The molecule has 10 heteroatoms. The second-order valence-corrected chi connectivity index (χ2v) is 7.52. The lowest BCUT2D eigenvalue weighted by molar-refractivity contribution is -0.384. The maximum absolute atomic E-state index is 12.7. The molecule has 24 heavy (non-hydrogen) atoms. The van der Waals surface area contributed by atoms with Gasteiger partial charge in [-0.3, -0.25) is 10.1 Å². The lowest BCUT2D eigenvalue weighted by Crippen LogP contribution is -2.47. The summed E-state index contributed by atoms with van der Waals surface area (Å²) in [6, 6.07) is 3.95. The van der Waals surface area contributed by atoms with Crippen LogP contribution in [-0.4, -0.2) is 65.3 Å². The van der Waals surface area contributed by atoms with E-state index in [1.165, 1.54) is 33.5 Å². The van der Waals surface area contributed by atoms with Crippen molar-refractivity contribution in [2.45, 2.75) is 4.90 Å². The van der Waals surface area contributed by atoms with Crippen molar-refractivity contribution in [1.29, 1.82) is 0 Å². The monoisotopic (exact) mass is 351 g/mol. The lowest BCUT2D eigenvalue weighted by Gasteiger charge is -2.31. The summed E-state index contributed by atoms with van der Waals surface area (Å²) in [5.41, 5.74) is -0.00182. The van der Waals surface area contributed by atoms with E-state index in [9.17, 15) is 18.5 Å². The van der Waals surface area contributed by atoms with Gasteiger partial charge in [0.25, 0.3) is 5.69 Å². The smallest absolute Gasteiger partial charge is 0.294 e. The molecule has 1 aliphatic rings. The molecule has 0 aliphatic carbocycles. The summed E-state index contributed by atoms with van der Waals surface area (Å²) in [6.07, 6.45) is 4.49. The Morgan fingerprint density at radius 1 is 1.21 bits per heavy atom. The summed E-state index contributed by atoms with van der Waals surface area (Å²) in [4.78, 5) is 16.6. The molecule has 1 fully saturated rings. The predicted octanol–water partition coefficient (Wildman–Crippen LogP) is 0.717. The number of sulfonamides is 1. The van der Waals surface area contributed by atoms with Crippen molar-refractivity contribution in [3.63, 3.8) is 0 Å². The average molecular weight is 351 g/mol. The topological polar surface area (TPSA) is 102 Å². The number of likely N-dealkylation sites (N-methyl/N-ethyl adjacent to an activating group) is 1. The molecule has 1 aliphatic heterocycles. The normalized spacial score (nSPS) is 17.0. The van der Waals surface area contributed by atoms with Gasteiger partial charge in [0.2, 0.25) is 10.0 Å². The van der Waals surface area contributed by atoms with E-state index >= 15 is 0 Å². The molecular weight excluding hydrogens is 334 g/mol. The summed E-state index contributed by atoms with van der Waals surface area (Å²) in [6.45, 7) is 2.01. The largest absolute Gasteiger partial charge is 0.304 e. The Morgan fingerprint density at radius 3 is 2.50 bits per heavy atom. The number of nitro groups is 1. The zero-order valence-corrected chi connectivity index (χ0v) is 13.9. The molecule has 1 saturated heterocycles. The number of hydrogen-bond donors (Lipinski definition) is 0. The maximum atomic E-state index is 12.7. The minimum atomic E-state index is -3.75. The third kappa shape index (κ3) is 3.03. The fourth-order valence-corrected chi connectivity index (χ4v) is 4.05. The van der Waals surface area contributed by atoms with Crippen LogP contribution in [0, 0.1) is 10.1 Å². The van der Waals surface area contributed by atoms with Gasteiger partial charge in [-0.15, -0.1) is 0 Å². The number of piperazine rings is 1. The second kappa shape index (κ2) is 6.30. The van der Waals surface area contributed by atoms with Gasteiger partial charge in [-0.2, -0.15) is 4.31 Å². The molecule has 0 bridgehead atoms. The third-order valence-electron chi connectivity index (χ3n) is 4.03. The van der Waals surface area contributed by atoms with Gasteiger partial charge in [-0.05, 0) is 19.2 Å². The van der Waals surface area contributed by atoms with Crippen LogP contribution in [0.4, 0.5) is 5.69 Å². The van der Waals surface area contributed by atoms with Gasteiger partial charge in [-0.25, -0.2) is 13.4 Å². The number of nitrogens with zero attached hydrogens (tertiary/aromatic N) is 5. The lowest BCUT2D eigenvalue weighted by atomic mass is 10.2. The summed E-state index contributed by atoms with van der Waals surface area (Å²) in [5.74, 6) is 0. The molecule has 0 atom stereocenters. The van der Waals surface area contributed by atoms with E-state index < -0.39 is 14.9 Å². The van der Waals surface area contributed by atoms with Crippen LogP contribution < -0.4 is 0 Å². The fraction of sp³-hybridized carbons (Fsp3) is 0.357. The molecule has 0 amide bonds. The van der Waals surface area contributed by atoms with Crippen LogP contribution in [-0.2, 0) is 10.0 Å². The third-order valence-corrected chi connectivity index (χ3v) is 5.92. The van der Waals surface area contributed by atoms with Crippen molar-refractivity contribution in [3.05, 3.63) is 47.0 Å². The van der Waals surface area contributed by atoms with Gasteiger partial charge in [0.1, 0.15) is 5.69 Å². The summed E-state index contributed by atoms with van der Waals surface area (Å²) < 4.78 is 28.3. The first-order valence-corrected chi connectivity index (χ1v) is 8.79. The number of hydrogen-bond acceptors (Lipinski definition) is 6. The number of benzene rings is 1. The molecule has 128 valence electrons. The minimum absolute atomic E-state index is 0.0670. The first kappa shape index (κ1) is 16.6. The van der Waals surface area contributed by atoms with Crippen LogP contribution in [0.5, 0.6) is 0 Å². The molecule has 3 rings (SSSR count). The zero-order valence-electron chi connectivity index (χ0n) is 13.1. The Hall–Kier alpha value is -2.30. The Kier molecular flexibility index (Phi) is 4.35. The Morgan fingerprint density at radius 2 is 1.92 bits per heavy atom. The van der Waals surface area contributed by atoms with Crippen LogP contribution in [0.2, 0.25) is 0 Å². The van der Waals surface area contributed by atoms with Crippen molar-refractivity contribution >= 4 is 15.7 Å². The van der Waals surface area contributed by atoms with Crippen LogP contribution in [0.3, 0.4) is 0 Å². The van der Waals surface area contributed by atoms with Gasteiger partial charge in [-0.1, -0.05) is 0 Å². The van der Waals surface area contributed by atoms with Gasteiger partial charge >= 0.3 is 0 Å². The molecular formula is C14H17N5O4S. The van der Waals surface area contributed by atoms with E-state index in [0.717, 1.165) is 6.07 Å². The number of imidazole rings is 1. The molecule has 0 N–H and O–H groups in total. The minimum Gasteiger partial charge on any atom is -0.304 e. The number of nitro benzene ring substituents is 1. The van der Waals surface area contributed by atoms with Crippen molar-refractivity contribution in [2.75, 3.05) is 33.2 Å². The highest BCUT2D eigenvalue weighted by Crippen LogP contribution is 2.28. The van der Waals surface area contributed by atoms with Crippen LogP contribution in [0.25, 0.3) is 5.69 Å². The summed E-state index contributed by atoms with van der Waals surface area (Å²) in [5, 5.41) is 11.4. The van der Waals surface area contributed by atoms with Gasteiger partial charge in [0.15, 0.2) is 0 Å². The molecule has 1 aromatic carbocycles. The maximum Gasteiger partial charge on any atom is 0.294 e. The van der Waals surface area contributed by atoms with E-state index in [2.05, 4.69) is 4.98 Å². The van der Waals surface area contributed by atoms with E-state index in [4.69, 9.17) is 0 Å². The van der Waals surface area contributed by atoms with Crippen LogP contribution in [0.1, 0.15) is 0 Å². The van der Waals surface area contributed by atoms with Crippen molar-refractivity contribution < 1.29 is 13.3 Å². The molecule has 0 saturated carbocycles. The standard InChI is InChI=1S/C14H17N5O4S/c1-16-6-8-18(9-7-16)24(22,23)12-2-3-13(14(10-12)19(20)21)17-5-4-15-11-17/h2-5,10-11H,6-9H2,1H3. The van der Waals surface area contributed by atoms with Gasteiger partial charge in [0.05, 0.1) is 16.1 Å². The summed E-state index contributed by atoms with van der Waals surface area (Å²) >= 11 is 0. The second-order valence-electron chi connectivity index (χ2n) is 5.58. The Balaban J connectivity index is 2.00. The Labute approximate surface area is 139 Å². The van der Waals surface area contributed by atoms with Gasteiger partial charge in [0, 0.05) is 44.6 Å². The van der Waals surface area contributed by atoms with Crippen molar-refractivity contribution in [1.82, 2.24) is 18.8 Å². The highest BCUT2D eigenvalue weighted by Gasteiger charge is 2.29. The quantitative estimate of drug-likeness (QED) is 0.594. The average Bonchev–Trinajstić information content (AvgIpc) is 3.09. The van der Waals surface area contributed by atoms with Crippen molar-refractivity contribution in [2.24, 2.45) is 0 Å². The highest BCUT2D eigenvalue weighted by atomic mass is 32.2. The van der Waals surface area contributed by atoms with Crippen LogP contribution in [0.15, 0.2) is 41.8 Å². The Bertz CT molecular complexity index is 842. The molecule has 1 aromatic heterocycles. The number of aromatic nitrogens is 2. The first-order valence-electron chi connectivity index (χ1n) is 7.35. The molecule has 2 heterocycles. The van der Waals surface area contributed by atoms with E-state index in [1.807, 2.05) is 11.9 Å². The van der Waals surface area contributed by atoms with Crippen LogP contribution >= 0.6 is 0 Å². The van der Waals surface area contributed by atoms with Gasteiger partial charge < -0.3 is 9.47 Å². The molecule has 2 aromatic rings. The molecule has 9 nitrogen and oxygen atoms in total. The zero-order chi connectivity index (χ0) is 17.3. The van der Waals surface area contributed by atoms with E-state index in [-0.39, 0.29) is 16.3 Å². The number of rotatable bonds is 4. The molecule has 0 radical (unpaired) electrons. The highest BCUT2D eigenvalue weighted by molar-refractivity contribution is 7.89. The molecule has 0 spiro atoms. The molecule has 0 unspecified atom stereocenters. The predicted molar refractivity (Wildman–Crippen MR) is 86.5 cm³/mol. The first-order chi connectivity index (χ1) is 11.4. The van der Waals surface area contributed by atoms with Crippen molar-refractivity contribution in [3.8, 4) is 5.69 Å². The fourth-order valence-electron chi connectivity index (χ4n) is 2.61. The SMILES string of the molecule is CN1CCN(S(=O)(=O)c2ccc(-n3ccnc3)c([N+](=O)[O-])c2)CC1. The summed E-state index contributed by atoms with van der Waals surface area (Å²) in [7, 11) is -1.82. The van der Waals surface area contributed by atoms with E-state index in [0.29, 0.717) is 26.2 Å².